The number of morpholine rings is 1. The van der Waals surface area contributed by atoms with Gasteiger partial charge in [0.05, 0.1) is 18.2 Å². The van der Waals surface area contributed by atoms with Crippen LogP contribution in [0, 0.1) is 0 Å². The Morgan fingerprint density at radius 3 is 2.68 bits per heavy atom. The molecule has 162 valence electrons. The lowest BCUT2D eigenvalue weighted by Gasteiger charge is -2.26. The summed E-state index contributed by atoms with van der Waals surface area (Å²) in [5, 5.41) is 7.84. The van der Waals surface area contributed by atoms with E-state index >= 15 is 0 Å². The third-order valence-corrected chi connectivity index (χ3v) is 4.98. The number of guanidine groups is 1. The zero-order chi connectivity index (χ0) is 19.5. The number of hydrogen-bond donors (Lipinski definition) is 2. The second-order valence-corrected chi connectivity index (χ2v) is 7.17. The molecule has 0 saturated carbocycles. The maximum atomic E-state index is 12.6. The fourth-order valence-corrected chi connectivity index (χ4v) is 3.45. The number of aromatic nitrogens is 1. The predicted molar refractivity (Wildman–Crippen MR) is 117 cm³/mol. The smallest absolute Gasteiger partial charge is 0.379 e. The number of unbranched alkanes of at least 4 members (excludes halogenated alkanes) is 1. The van der Waals surface area contributed by atoms with Crippen molar-refractivity contribution >= 4 is 41.3 Å². The van der Waals surface area contributed by atoms with Gasteiger partial charge in [-0.25, -0.2) is 4.98 Å². The monoisotopic (exact) mass is 535 g/mol. The quantitative estimate of drug-likeness (QED) is 0.221. The van der Waals surface area contributed by atoms with Crippen LogP contribution in [0.4, 0.5) is 13.2 Å². The van der Waals surface area contributed by atoms with Crippen LogP contribution < -0.4 is 10.6 Å². The van der Waals surface area contributed by atoms with Crippen molar-refractivity contribution in [1.29, 1.82) is 0 Å². The Labute approximate surface area is 185 Å². The summed E-state index contributed by atoms with van der Waals surface area (Å²) < 4.78 is 43.0. The third kappa shape index (κ3) is 9.70. The van der Waals surface area contributed by atoms with E-state index in [0.717, 1.165) is 75.5 Å². The predicted octanol–water partition coefficient (Wildman–Crippen LogP) is 2.99. The molecule has 2 rings (SSSR count). The Morgan fingerprint density at radius 1 is 1.29 bits per heavy atom. The summed E-state index contributed by atoms with van der Waals surface area (Å²) in [6.45, 7) is 8.61. The Bertz CT molecular complexity index is 579. The number of halogens is 4. The molecular formula is C17H29F3IN5OS. The summed E-state index contributed by atoms with van der Waals surface area (Å²) in [4.78, 5) is 10.6. The number of alkyl halides is 3. The molecule has 0 bridgehead atoms. The average Bonchev–Trinajstić information content (AvgIpc) is 3.11. The number of thiazole rings is 1. The van der Waals surface area contributed by atoms with Gasteiger partial charge in [0, 0.05) is 44.5 Å². The largest absolute Gasteiger partial charge is 0.434 e. The average molecular weight is 535 g/mol. The van der Waals surface area contributed by atoms with E-state index in [1.165, 1.54) is 0 Å². The standard InChI is InChI=1S/C17H28F3N5OS.HI/c1-2-21-16(22-6-3-4-8-25-9-11-26-12-10-25)23-7-5-15-24-14(13-27-15)17(18,19)20;/h13H,2-12H2,1H3,(H2,21,22,23);1H. The van der Waals surface area contributed by atoms with Crippen LogP contribution in [0.1, 0.15) is 30.5 Å². The van der Waals surface area contributed by atoms with E-state index in [2.05, 4.69) is 25.5 Å². The molecule has 1 fully saturated rings. The van der Waals surface area contributed by atoms with Crippen LogP contribution in [0.25, 0.3) is 0 Å². The molecule has 0 aliphatic carbocycles. The normalized spacial score (nSPS) is 15.9. The van der Waals surface area contributed by atoms with Crippen molar-refractivity contribution in [3.8, 4) is 0 Å². The van der Waals surface area contributed by atoms with Gasteiger partial charge in [-0.2, -0.15) is 13.2 Å². The zero-order valence-corrected chi connectivity index (χ0v) is 19.2. The van der Waals surface area contributed by atoms with Gasteiger partial charge in [-0.3, -0.25) is 9.89 Å². The highest BCUT2D eigenvalue weighted by Gasteiger charge is 2.33. The summed E-state index contributed by atoms with van der Waals surface area (Å²) in [6.07, 6.45) is -1.86. The summed E-state index contributed by atoms with van der Waals surface area (Å²) in [5.74, 6) is 0.691. The van der Waals surface area contributed by atoms with E-state index in [0.29, 0.717) is 23.9 Å². The van der Waals surface area contributed by atoms with Crippen LogP contribution in [0.15, 0.2) is 10.4 Å². The van der Waals surface area contributed by atoms with E-state index in [4.69, 9.17) is 4.74 Å². The Kier molecular flexibility index (Phi) is 12.3. The molecule has 2 N–H and O–H groups in total. The summed E-state index contributed by atoms with van der Waals surface area (Å²) in [6, 6.07) is 0. The van der Waals surface area contributed by atoms with Crippen LogP contribution >= 0.6 is 35.3 Å². The fourth-order valence-electron chi connectivity index (χ4n) is 2.65. The lowest BCUT2D eigenvalue weighted by Crippen LogP contribution is -2.38. The second kappa shape index (κ2) is 13.5. The summed E-state index contributed by atoms with van der Waals surface area (Å²) >= 11 is 1.03. The molecule has 11 heteroatoms. The van der Waals surface area contributed by atoms with Crippen molar-refractivity contribution in [3.63, 3.8) is 0 Å². The first-order chi connectivity index (χ1) is 13.0. The summed E-state index contributed by atoms with van der Waals surface area (Å²) in [7, 11) is 0. The molecular weight excluding hydrogens is 506 g/mol. The lowest BCUT2D eigenvalue weighted by molar-refractivity contribution is -0.140. The molecule has 28 heavy (non-hydrogen) atoms. The van der Waals surface area contributed by atoms with Crippen LogP contribution in [0.2, 0.25) is 0 Å². The molecule has 1 aromatic heterocycles. The number of nitrogens with zero attached hydrogens (tertiary/aromatic N) is 3. The molecule has 1 aliphatic rings. The number of ether oxygens (including phenoxy) is 1. The second-order valence-electron chi connectivity index (χ2n) is 6.22. The van der Waals surface area contributed by atoms with Gasteiger partial charge in [0.15, 0.2) is 11.7 Å². The van der Waals surface area contributed by atoms with Crippen molar-refractivity contribution in [2.45, 2.75) is 32.4 Å². The van der Waals surface area contributed by atoms with Gasteiger partial charge >= 0.3 is 6.18 Å². The number of nitrogens with one attached hydrogen (secondary N) is 2. The number of rotatable bonds is 9. The highest BCUT2D eigenvalue weighted by Crippen LogP contribution is 2.29. The van der Waals surface area contributed by atoms with Gasteiger partial charge in [-0.1, -0.05) is 0 Å². The van der Waals surface area contributed by atoms with Gasteiger partial charge in [0.1, 0.15) is 0 Å². The minimum atomic E-state index is -4.38. The van der Waals surface area contributed by atoms with Crippen molar-refractivity contribution in [2.75, 3.05) is 52.5 Å². The van der Waals surface area contributed by atoms with Gasteiger partial charge in [0.25, 0.3) is 0 Å². The van der Waals surface area contributed by atoms with Crippen LogP contribution in [0.5, 0.6) is 0 Å². The Morgan fingerprint density at radius 2 is 2.04 bits per heavy atom. The molecule has 0 radical (unpaired) electrons. The molecule has 0 amide bonds. The third-order valence-electron chi connectivity index (χ3n) is 4.07. The highest BCUT2D eigenvalue weighted by atomic mass is 127. The molecule has 1 aliphatic heterocycles. The Hall–Kier alpha value is -0.660. The van der Waals surface area contributed by atoms with Gasteiger partial charge in [0.2, 0.25) is 0 Å². The van der Waals surface area contributed by atoms with E-state index in [9.17, 15) is 13.2 Å². The molecule has 0 unspecified atom stereocenters. The fraction of sp³-hybridized carbons (Fsp3) is 0.765. The van der Waals surface area contributed by atoms with Gasteiger partial charge in [-0.15, -0.1) is 35.3 Å². The maximum absolute atomic E-state index is 12.6. The van der Waals surface area contributed by atoms with Crippen molar-refractivity contribution in [1.82, 2.24) is 20.5 Å². The topological polar surface area (TPSA) is 61.8 Å². The van der Waals surface area contributed by atoms with Gasteiger partial charge < -0.3 is 15.4 Å². The first kappa shape index (κ1) is 25.4. The SMILES string of the molecule is CCNC(=NCCCCN1CCOCC1)NCCc1nc(C(F)(F)F)cs1.I. The Balaban J connectivity index is 0.00000392. The molecule has 1 aromatic rings. The minimum absolute atomic E-state index is 0. The molecule has 0 aromatic carbocycles. The van der Waals surface area contributed by atoms with Crippen molar-refractivity contribution in [3.05, 3.63) is 16.1 Å². The van der Waals surface area contributed by atoms with Crippen LogP contribution in [-0.4, -0.2) is 68.3 Å². The molecule has 0 spiro atoms. The van der Waals surface area contributed by atoms with Crippen LogP contribution in [-0.2, 0) is 17.3 Å². The van der Waals surface area contributed by atoms with Gasteiger partial charge in [-0.05, 0) is 26.3 Å². The van der Waals surface area contributed by atoms with E-state index in [1.807, 2.05) is 6.92 Å². The maximum Gasteiger partial charge on any atom is 0.434 e. The molecule has 2 heterocycles. The molecule has 0 atom stereocenters. The number of aliphatic imine (C=N–C) groups is 1. The van der Waals surface area contributed by atoms with E-state index in [1.54, 1.807) is 0 Å². The lowest BCUT2D eigenvalue weighted by atomic mass is 10.3. The minimum Gasteiger partial charge on any atom is -0.379 e. The van der Waals surface area contributed by atoms with Crippen molar-refractivity contribution < 1.29 is 17.9 Å². The summed E-state index contributed by atoms with van der Waals surface area (Å²) in [5.41, 5.74) is -0.816. The first-order valence-corrected chi connectivity index (χ1v) is 10.2. The van der Waals surface area contributed by atoms with E-state index in [-0.39, 0.29) is 24.0 Å². The van der Waals surface area contributed by atoms with Crippen LogP contribution in [0.3, 0.4) is 0 Å². The first-order valence-electron chi connectivity index (χ1n) is 9.33. The zero-order valence-electron chi connectivity index (χ0n) is 16.1. The number of hydrogen-bond acceptors (Lipinski definition) is 5. The van der Waals surface area contributed by atoms with E-state index < -0.39 is 11.9 Å². The molecule has 6 nitrogen and oxygen atoms in total. The molecule has 1 saturated heterocycles. The van der Waals surface area contributed by atoms with Crippen molar-refractivity contribution in [2.24, 2.45) is 4.99 Å². The highest BCUT2D eigenvalue weighted by molar-refractivity contribution is 14.0.